The number of ether oxygens (including phenoxy) is 4. The zero-order valence-electron chi connectivity index (χ0n) is 62.1. The van der Waals surface area contributed by atoms with Gasteiger partial charge in [-0.25, -0.2) is 9.13 Å². The van der Waals surface area contributed by atoms with Crippen LogP contribution in [0.25, 0.3) is 0 Å². The third-order valence-electron chi connectivity index (χ3n) is 18.4. The number of phosphoric ester groups is 2. The number of aliphatic hydroxyl groups excluding tert-OH is 1. The normalized spacial score (nSPS) is 14.6. The van der Waals surface area contributed by atoms with E-state index in [1.165, 1.54) is 199 Å². The van der Waals surface area contributed by atoms with Crippen molar-refractivity contribution in [2.24, 2.45) is 17.8 Å². The highest BCUT2D eigenvalue weighted by atomic mass is 31.2. The fraction of sp³-hybridized carbons (Fsp3) is 0.947. The van der Waals surface area contributed by atoms with Gasteiger partial charge in [0.15, 0.2) is 12.2 Å². The Morgan fingerprint density at radius 3 is 0.800 bits per heavy atom. The molecule has 17 nitrogen and oxygen atoms in total. The van der Waals surface area contributed by atoms with E-state index in [0.717, 1.165) is 108 Å². The number of carbonyl (C=O) groups excluding carboxylic acids is 4. The van der Waals surface area contributed by atoms with Crippen LogP contribution in [0.4, 0.5) is 0 Å². The van der Waals surface area contributed by atoms with Gasteiger partial charge in [0.05, 0.1) is 26.4 Å². The molecule has 0 aromatic heterocycles. The van der Waals surface area contributed by atoms with Gasteiger partial charge >= 0.3 is 39.5 Å². The Hall–Kier alpha value is -1.94. The summed E-state index contributed by atoms with van der Waals surface area (Å²) in [6.07, 6.45) is 52.6. The molecule has 0 rings (SSSR count). The van der Waals surface area contributed by atoms with Gasteiger partial charge in [0, 0.05) is 25.7 Å². The molecule has 0 radical (unpaired) electrons. The van der Waals surface area contributed by atoms with E-state index in [1.807, 2.05) is 0 Å². The maximum atomic E-state index is 13.1. The zero-order valence-corrected chi connectivity index (χ0v) is 63.9. The number of hydrogen-bond donors (Lipinski definition) is 3. The number of hydrogen-bond acceptors (Lipinski definition) is 15. The lowest BCUT2D eigenvalue weighted by Gasteiger charge is -2.21. The second-order valence-corrected chi connectivity index (χ2v) is 31.3. The Morgan fingerprint density at radius 1 is 0.305 bits per heavy atom. The molecule has 0 heterocycles. The van der Waals surface area contributed by atoms with E-state index in [9.17, 15) is 43.2 Å². The summed E-state index contributed by atoms with van der Waals surface area (Å²) >= 11 is 0. The van der Waals surface area contributed by atoms with Gasteiger partial charge in [0.25, 0.3) is 0 Å². The van der Waals surface area contributed by atoms with Crippen LogP contribution in [0, 0.1) is 17.8 Å². The molecular formula is C76H148O17P2. The molecule has 0 aliphatic rings. The summed E-state index contributed by atoms with van der Waals surface area (Å²) in [6, 6.07) is 0. The Balaban J connectivity index is 5.24. The van der Waals surface area contributed by atoms with Crippen molar-refractivity contribution >= 4 is 39.5 Å². The molecule has 95 heavy (non-hydrogen) atoms. The van der Waals surface area contributed by atoms with Crippen LogP contribution in [-0.4, -0.2) is 96.7 Å². The Morgan fingerprint density at radius 2 is 0.537 bits per heavy atom. The van der Waals surface area contributed by atoms with Crippen LogP contribution >= 0.6 is 15.6 Å². The van der Waals surface area contributed by atoms with Crippen molar-refractivity contribution in [2.75, 3.05) is 39.6 Å². The summed E-state index contributed by atoms with van der Waals surface area (Å²) in [4.78, 5) is 72.8. The smallest absolute Gasteiger partial charge is 0.462 e. The molecule has 4 unspecified atom stereocenters. The molecule has 3 N–H and O–H groups in total. The van der Waals surface area contributed by atoms with Gasteiger partial charge in [-0.3, -0.25) is 37.3 Å². The van der Waals surface area contributed by atoms with Gasteiger partial charge in [-0.05, 0) is 43.4 Å². The molecular weight excluding hydrogens is 1250 g/mol. The van der Waals surface area contributed by atoms with E-state index in [0.29, 0.717) is 25.7 Å². The van der Waals surface area contributed by atoms with Gasteiger partial charge in [-0.2, -0.15) is 0 Å². The lowest BCUT2D eigenvalue weighted by atomic mass is 9.99. The predicted molar refractivity (Wildman–Crippen MR) is 386 cm³/mol. The van der Waals surface area contributed by atoms with Crippen LogP contribution < -0.4 is 0 Å². The molecule has 564 valence electrons. The first-order valence-electron chi connectivity index (χ1n) is 39.4. The maximum absolute atomic E-state index is 13.1. The topological polar surface area (TPSA) is 237 Å². The summed E-state index contributed by atoms with van der Waals surface area (Å²) in [7, 11) is -9.91. The van der Waals surface area contributed by atoms with E-state index in [1.54, 1.807) is 0 Å². The second-order valence-electron chi connectivity index (χ2n) is 28.4. The average molecular weight is 1400 g/mol. The van der Waals surface area contributed by atoms with E-state index in [4.69, 9.17) is 37.0 Å². The van der Waals surface area contributed by atoms with E-state index in [2.05, 4.69) is 48.5 Å². The SMILES string of the molecule is CCCCCCCCCCCCC(=O)OC[C@H](COP(=O)(O)OC[C@H](O)COP(=O)(O)OC[C@@H](COC(=O)CCCCCCCCCCCCC(C)CC)OC(=O)CCCCCCCCCCCCCCCCCCC(C)C)OC(=O)CCCCCCCCCCC(C)CC. The van der Waals surface area contributed by atoms with Gasteiger partial charge in [-0.15, -0.1) is 0 Å². The molecule has 0 aliphatic heterocycles. The highest BCUT2D eigenvalue weighted by Gasteiger charge is 2.30. The highest BCUT2D eigenvalue weighted by Crippen LogP contribution is 2.45. The van der Waals surface area contributed by atoms with E-state index >= 15 is 0 Å². The number of rotatable bonds is 74. The lowest BCUT2D eigenvalue weighted by molar-refractivity contribution is -0.161. The van der Waals surface area contributed by atoms with Crippen molar-refractivity contribution in [3.05, 3.63) is 0 Å². The Kier molecular flexibility index (Phi) is 65.2. The first-order valence-corrected chi connectivity index (χ1v) is 42.4. The number of esters is 4. The first-order chi connectivity index (χ1) is 45.8. The quantitative estimate of drug-likeness (QED) is 0.0222. The van der Waals surface area contributed by atoms with Gasteiger partial charge < -0.3 is 33.8 Å². The zero-order chi connectivity index (χ0) is 70.1. The summed E-state index contributed by atoms with van der Waals surface area (Å²) in [6.45, 7) is 11.9. The van der Waals surface area contributed by atoms with Crippen molar-refractivity contribution in [2.45, 2.75) is 407 Å². The largest absolute Gasteiger partial charge is 0.472 e. The average Bonchev–Trinajstić information content (AvgIpc) is 1.54. The van der Waals surface area contributed by atoms with Gasteiger partial charge in [0.1, 0.15) is 19.3 Å². The molecule has 0 bridgehead atoms. The molecule has 0 saturated heterocycles. The third-order valence-corrected chi connectivity index (χ3v) is 20.3. The summed E-state index contributed by atoms with van der Waals surface area (Å²) in [5, 5.41) is 10.6. The molecule has 0 aromatic rings. The van der Waals surface area contributed by atoms with Crippen molar-refractivity contribution in [1.29, 1.82) is 0 Å². The van der Waals surface area contributed by atoms with Crippen molar-refractivity contribution in [3.8, 4) is 0 Å². The van der Waals surface area contributed by atoms with Crippen molar-refractivity contribution < 1.29 is 80.2 Å². The van der Waals surface area contributed by atoms with Crippen LogP contribution in [0.1, 0.15) is 389 Å². The van der Waals surface area contributed by atoms with Gasteiger partial charge in [0.2, 0.25) is 0 Å². The Labute approximate surface area is 581 Å². The summed E-state index contributed by atoms with van der Waals surface area (Å²) < 4.78 is 68.5. The fourth-order valence-corrected chi connectivity index (χ4v) is 13.1. The van der Waals surface area contributed by atoms with Crippen LogP contribution in [0.2, 0.25) is 0 Å². The monoisotopic (exact) mass is 1400 g/mol. The number of phosphoric acid groups is 2. The number of aliphatic hydroxyl groups is 1. The first kappa shape index (κ1) is 93.1. The van der Waals surface area contributed by atoms with Crippen LogP contribution in [0.5, 0.6) is 0 Å². The van der Waals surface area contributed by atoms with Crippen molar-refractivity contribution in [3.63, 3.8) is 0 Å². The minimum Gasteiger partial charge on any atom is -0.462 e. The van der Waals surface area contributed by atoms with Crippen molar-refractivity contribution in [1.82, 2.24) is 0 Å². The Bertz CT molecular complexity index is 1860. The number of carbonyl (C=O) groups is 4. The fourth-order valence-electron chi connectivity index (χ4n) is 11.5. The highest BCUT2D eigenvalue weighted by molar-refractivity contribution is 7.47. The molecule has 0 aliphatic carbocycles. The molecule has 0 aromatic carbocycles. The third kappa shape index (κ3) is 67.6. The van der Waals surface area contributed by atoms with Crippen LogP contribution in [0.15, 0.2) is 0 Å². The molecule has 7 atom stereocenters. The molecule has 19 heteroatoms. The van der Waals surface area contributed by atoms with E-state index < -0.39 is 97.5 Å². The predicted octanol–water partition coefficient (Wildman–Crippen LogP) is 22.2. The summed E-state index contributed by atoms with van der Waals surface area (Å²) in [5.41, 5.74) is 0. The minimum absolute atomic E-state index is 0.105. The minimum atomic E-state index is -4.96. The van der Waals surface area contributed by atoms with Crippen LogP contribution in [0.3, 0.4) is 0 Å². The molecule has 0 spiro atoms. The lowest BCUT2D eigenvalue weighted by Crippen LogP contribution is -2.30. The van der Waals surface area contributed by atoms with E-state index in [-0.39, 0.29) is 25.7 Å². The van der Waals surface area contributed by atoms with Crippen LogP contribution in [-0.2, 0) is 65.4 Å². The second kappa shape index (κ2) is 66.6. The number of unbranched alkanes of at least 4 members (excludes halogenated alkanes) is 40. The van der Waals surface area contributed by atoms with Gasteiger partial charge in [-0.1, -0.05) is 337 Å². The maximum Gasteiger partial charge on any atom is 0.472 e. The molecule has 0 amide bonds. The summed E-state index contributed by atoms with van der Waals surface area (Å²) in [5.74, 6) is 0.270. The standard InChI is InChI=1S/C76H148O17P2/c1-8-11-12-13-14-15-28-36-43-50-57-73(78)86-64-72(93-76(81)60-53-46-39-32-31-35-42-49-56-69(7)10-3)66-91-95(84,85)89-62-70(77)61-88-94(82,83)90-65-71(63-87-74(79)58-51-44-37-29-25-24-27-34-41-48-55-68(6)9-2)92-75(80)59-52-45-38-30-23-21-19-17-16-18-20-22-26-33-40-47-54-67(4)5/h67-72,77H,8-66H2,1-7H3,(H,82,83)(H,84,85)/t68?,69?,70-,71-,72-/m1/s1. The molecule has 0 fully saturated rings. The molecule has 0 saturated carbocycles.